The normalized spacial score (nSPS) is 20.0. The first-order valence-corrected chi connectivity index (χ1v) is 11.0. The van der Waals surface area contributed by atoms with Gasteiger partial charge in [0.15, 0.2) is 0 Å². The van der Waals surface area contributed by atoms with E-state index in [4.69, 9.17) is 11.2 Å². The first-order valence-electron chi connectivity index (χ1n) is 10.2. The zero-order chi connectivity index (χ0) is 24.1. The van der Waals surface area contributed by atoms with Gasteiger partial charge < -0.3 is 4.74 Å². The van der Waals surface area contributed by atoms with E-state index >= 15 is 0 Å². The summed E-state index contributed by atoms with van der Waals surface area (Å²) in [5, 5.41) is 0. The molecule has 0 N–H and O–H groups in total. The summed E-state index contributed by atoms with van der Waals surface area (Å²) < 4.78 is 46.3. The van der Waals surface area contributed by atoms with Crippen LogP contribution in [0.3, 0.4) is 0 Å². The molecule has 3 rings (SSSR count). The Balaban J connectivity index is 1.80. The number of nitrogens with zero attached hydrogens (tertiary/aromatic N) is 1. The lowest BCUT2D eigenvalue weighted by atomic mass is 9.85. The van der Waals surface area contributed by atoms with E-state index in [9.17, 15) is 22.8 Å². The van der Waals surface area contributed by atoms with E-state index < -0.39 is 41.8 Å². The molecule has 0 aliphatic heterocycles. The zero-order valence-corrected chi connectivity index (χ0v) is 19.5. The summed E-state index contributed by atoms with van der Waals surface area (Å²) in [6, 6.07) is 8.02. The molecule has 0 bridgehead atoms. The molecular weight excluding hydrogens is 439 g/mol. The summed E-state index contributed by atoms with van der Waals surface area (Å²) in [6.07, 6.45) is 0.316. The van der Waals surface area contributed by atoms with Crippen LogP contribution in [0.15, 0.2) is 29.1 Å². The van der Waals surface area contributed by atoms with E-state index in [2.05, 4.69) is 32.8 Å². The zero-order valence-electron chi connectivity index (χ0n) is 18.7. The van der Waals surface area contributed by atoms with Crippen molar-refractivity contribution in [3.05, 3.63) is 55.6 Å². The largest absolute Gasteiger partial charge is 0.460 e. The fraction of sp³-hybridized carbons (Fsp3) is 0.500. The maximum atomic E-state index is 13.5. The second-order valence-electron chi connectivity index (χ2n) is 9.69. The summed E-state index contributed by atoms with van der Waals surface area (Å²) in [6.45, 7) is 9.07. The molecule has 0 radical (unpaired) electrons. The van der Waals surface area contributed by atoms with Gasteiger partial charge in [-0.25, -0.2) is 0 Å². The second-order valence-corrected chi connectivity index (χ2v) is 10.7. The molecule has 1 aliphatic carbocycles. The van der Waals surface area contributed by atoms with E-state index in [1.54, 1.807) is 0 Å². The third-order valence-corrected chi connectivity index (χ3v) is 6.97. The highest BCUT2D eigenvalue weighted by Crippen LogP contribution is 2.65. The number of thiazole rings is 1. The van der Waals surface area contributed by atoms with Gasteiger partial charge >= 0.3 is 17.0 Å². The van der Waals surface area contributed by atoms with E-state index in [1.165, 1.54) is 0 Å². The van der Waals surface area contributed by atoms with Crippen LogP contribution in [-0.4, -0.2) is 10.5 Å². The van der Waals surface area contributed by atoms with Gasteiger partial charge in [-0.3, -0.25) is 14.2 Å². The Kier molecular flexibility index (Phi) is 6.11. The van der Waals surface area contributed by atoms with Crippen molar-refractivity contribution in [1.29, 1.82) is 0 Å². The third kappa shape index (κ3) is 4.49. The van der Waals surface area contributed by atoms with Crippen LogP contribution in [-0.2, 0) is 34.3 Å². The number of halogens is 3. The standard InChI is InChI=1S/C24H26F3NO3S/c1-7-11-28-19(24(25,26)27)16(32-21(28)30)13-31-20(29)18-17(23(18,5)6)14-9-8-10-15(12-14)22(2,3)4/h1,8-10,12,17-18H,11,13H2,2-6H3/t17-,18+/m1/s1. The minimum atomic E-state index is -4.79. The molecule has 0 unspecified atom stereocenters. The first kappa shape index (κ1) is 24.1. The van der Waals surface area contributed by atoms with Gasteiger partial charge in [0.2, 0.25) is 0 Å². The monoisotopic (exact) mass is 465 g/mol. The topological polar surface area (TPSA) is 48.3 Å². The number of terminal acetylenes is 1. The van der Waals surface area contributed by atoms with Gasteiger partial charge in [-0.2, -0.15) is 13.2 Å². The maximum Gasteiger partial charge on any atom is 0.432 e. The summed E-state index contributed by atoms with van der Waals surface area (Å²) >= 11 is 0.398. The third-order valence-electron chi connectivity index (χ3n) is 6.02. The van der Waals surface area contributed by atoms with Gasteiger partial charge in [0.05, 0.1) is 17.3 Å². The number of aromatic nitrogens is 1. The summed E-state index contributed by atoms with van der Waals surface area (Å²) in [5.41, 5.74) is 0.553. The Labute approximate surface area is 189 Å². The maximum absolute atomic E-state index is 13.5. The summed E-state index contributed by atoms with van der Waals surface area (Å²) in [5.74, 6) is 0.916. The number of benzene rings is 1. The minimum absolute atomic E-state index is 0.0536. The molecule has 1 heterocycles. The molecule has 1 aromatic carbocycles. The van der Waals surface area contributed by atoms with Gasteiger partial charge in [0, 0.05) is 5.92 Å². The van der Waals surface area contributed by atoms with Crippen LogP contribution in [0.25, 0.3) is 0 Å². The van der Waals surface area contributed by atoms with E-state index in [-0.39, 0.29) is 21.6 Å². The van der Waals surface area contributed by atoms with Gasteiger partial charge in [-0.15, -0.1) is 6.42 Å². The molecule has 32 heavy (non-hydrogen) atoms. The Hall–Kier alpha value is -2.53. The average molecular weight is 466 g/mol. The van der Waals surface area contributed by atoms with Crippen molar-refractivity contribution in [2.24, 2.45) is 11.3 Å². The van der Waals surface area contributed by atoms with Gasteiger partial charge in [-0.05, 0) is 22.0 Å². The molecule has 1 aromatic heterocycles. The molecule has 0 amide bonds. The number of carbonyl (C=O) groups is 1. The van der Waals surface area contributed by atoms with Crippen LogP contribution in [0, 0.1) is 23.7 Å². The van der Waals surface area contributed by atoms with Crippen LogP contribution >= 0.6 is 11.3 Å². The number of ether oxygens (including phenoxy) is 1. The molecule has 1 fully saturated rings. The van der Waals surface area contributed by atoms with Crippen molar-refractivity contribution >= 4 is 17.3 Å². The molecule has 2 aromatic rings. The molecule has 8 heteroatoms. The first-order chi connectivity index (χ1) is 14.7. The number of alkyl halides is 3. The van der Waals surface area contributed by atoms with Gasteiger partial charge in [0.25, 0.3) is 0 Å². The molecule has 0 spiro atoms. The Morgan fingerprint density at radius 1 is 1.28 bits per heavy atom. The second kappa shape index (κ2) is 8.11. The van der Waals surface area contributed by atoms with Crippen molar-refractivity contribution in [1.82, 2.24) is 4.57 Å². The highest BCUT2D eigenvalue weighted by Gasteiger charge is 2.63. The lowest BCUT2D eigenvalue weighted by molar-refractivity contribution is -0.151. The van der Waals surface area contributed by atoms with Crippen LogP contribution < -0.4 is 4.87 Å². The van der Waals surface area contributed by atoms with Gasteiger partial charge in [-0.1, -0.05) is 76.1 Å². The number of esters is 1. The Morgan fingerprint density at radius 2 is 1.94 bits per heavy atom. The van der Waals surface area contributed by atoms with Crippen molar-refractivity contribution < 1.29 is 22.7 Å². The minimum Gasteiger partial charge on any atom is -0.460 e. The van der Waals surface area contributed by atoms with E-state index in [0.717, 1.165) is 11.1 Å². The fourth-order valence-corrected chi connectivity index (χ4v) is 5.14. The number of hydrogen-bond donors (Lipinski definition) is 0. The fourth-order valence-electron chi connectivity index (χ4n) is 4.22. The van der Waals surface area contributed by atoms with Crippen LogP contribution in [0.2, 0.25) is 0 Å². The van der Waals surface area contributed by atoms with Crippen molar-refractivity contribution in [3.8, 4) is 12.3 Å². The lowest BCUT2D eigenvalue weighted by Crippen LogP contribution is -2.22. The molecule has 1 aliphatic rings. The van der Waals surface area contributed by atoms with Crippen molar-refractivity contribution in [3.63, 3.8) is 0 Å². The Bertz CT molecular complexity index is 1130. The number of carbonyl (C=O) groups excluding carboxylic acids is 1. The molecule has 2 atom stereocenters. The highest BCUT2D eigenvalue weighted by atomic mass is 32.1. The summed E-state index contributed by atoms with van der Waals surface area (Å²) in [4.78, 5) is 23.6. The average Bonchev–Trinajstić information content (AvgIpc) is 3.10. The van der Waals surface area contributed by atoms with Crippen LogP contribution in [0.4, 0.5) is 13.2 Å². The molecule has 172 valence electrons. The molecule has 0 saturated heterocycles. The Morgan fingerprint density at radius 3 is 2.50 bits per heavy atom. The predicted octanol–water partition coefficient (Wildman–Crippen LogP) is 5.34. The molecule has 1 saturated carbocycles. The number of rotatable bonds is 5. The predicted molar refractivity (Wildman–Crippen MR) is 117 cm³/mol. The number of hydrogen-bond acceptors (Lipinski definition) is 4. The van der Waals surface area contributed by atoms with Crippen LogP contribution in [0.5, 0.6) is 0 Å². The van der Waals surface area contributed by atoms with Gasteiger partial charge in [0.1, 0.15) is 12.3 Å². The lowest BCUT2D eigenvalue weighted by Gasteiger charge is -2.20. The highest BCUT2D eigenvalue weighted by molar-refractivity contribution is 7.09. The van der Waals surface area contributed by atoms with E-state index in [0.29, 0.717) is 15.9 Å². The summed E-state index contributed by atoms with van der Waals surface area (Å²) in [7, 11) is 0. The van der Waals surface area contributed by atoms with Crippen molar-refractivity contribution in [2.45, 2.75) is 65.3 Å². The smallest absolute Gasteiger partial charge is 0.432 e. The quantitative estimate of drug-likeness (QED) is 0.442. The SMILES string of the molecule is C#CCn1c(C(F)(F)F)c(COC(=O)[C@@H]2[C@@H](c3cccc(C(C)(C)C)c3)C2(C)C)sc1=O. The molecule has 4 nitrogen and oxygen atoms in total. The van der Waals surface area contributed by atoms with Crippen molar-refractivity contribution in [2.75, 3.05) is 0 Å². The molecular formula is C24H26F3NO3S. The van der Waals surface area contributed by atoms with Crippen LogP contribution in [0.1, 0.15) is 62.2 Å². The van der Waals surface area contributed by atoms with E-state index in [1.807, 2.05) is 32.0 Å².